The number of carbonyl (C=O) groups excluding carboxylic acids is 3. The quantitative estimate of drug-likeness (QED) is 0.276. The second-order valence-electron chi connectivity index (χ2n) is 8.25. The zero-order chi connectivity index (χ0) is 24.6. The summed E-state index contributed by atoms with van der Waals surface area (Å²) in [6.45, 7) is 1.41. The number of allylic oxidation sites excluding steroid dienone is 2. The Bertz CT molecular complexity index is 1260. The van der Waals surface area contributed by atoms with E-state index >= 15 is 0 Å². The molecule has 1 fully saturated rings. The van der Waals surface area contributed by atoms with Crippen molar-refractivity contribution >= 4 is 29.1 Å². The first-order valence-corrected chi connectivity index (χ1v) is 10.5. The molecule has 0 bridgehead atoms. The van der Waals surface area contributed by atoms with Gasteiger partial charge in [0.25, 0.3) is 29.1 Å². The fourth-order valence-electron chi connectivity index (χ4n) is 4.38. The van der Waals surface area contributed by atoms with Crippen molar-refractivity contribution in [3.63, 3.8) is 0 Å². The van der Waals surface area contributed by atoms with Crippen LogP contribution in [-0.4, -0.2) is 37.6 Å². The fraction of sp³-hybridized carbons (Fsp3) is 0.261. The van der Waals surface area contributed by atoms with Crippen LogP contribution >= 0.6 is 0 Å². The minimum Gasteiger partial charge on any atom is -0.272 e. The average molecular weight is 464 g/mol. The van der Waals surface area contributed by atoms with Crippen LogP contribution < -0.4 is 0 Å². The molecule has 1 aliphatic carbocycles. The Morgan fingerprint density at radius 2 is 1.74 bits per heavy atom. The summed E-state index contributed by atoms with van der Waals surface area (Å²) in [5, 5.41) is 24.4. The lowest BCUT2D eigenvalue weighted by Gasteiger charge is -2.30. The number of non-ortho nitro benzene ring substituents is 1. The molecule has 3 amide bonds. The molecule has 0 saturated carbocycles. The Balaban J connectivity index is 1.78. The van der Waals surface area contributed by atoms with E-state index in [4.69, 9.17) is 0 Å². The highest BCUT2D eigenvalue weighted by atomic mass is 16.6. The van der Waals surface area contributed by atoms with Crippen molar-refractivity contribution in [1.82, 2.24) is 10.0 Å². The number of nitro benzene ring substituents is 2. The number of hydrogen-bond acceptors (Lipinski definition) is 7. The van der Waals surface area contributed by atoms with Gasteiger partial charge in [-0.2, -0.15) is 5.01 Å². The maximum atomic E-state index is 13.5. The number of rotatable bonds is 6. The number of fused-ring (bicyclic) bond motifs is 1. The van der Waals surface area contributed by atoms with Crippen molar-refractivity contribution < 1.29 is 24.2 Å². The first-order chi connectivity index (χ1) is 16.2. The van der Waals surface area contributed by atoms with Crippen LogP contribution in [-0.2, 0) is 16.1 Å². The monoisotopic (exact) mass is 464 g/mol. The van der Waals surface area contributed by atoms with E-state index in [0.717, 1.165) is 21.7 Å². The van der Waals surface area contributed by atoms with Crippen molar-refractivity contribution in [3.8, 4) is 0 Å². The predicted molar refractivity (Wildman–Crippen MR) is 118 cm³/mol. The zero-order valence-corrected chi connectivity index (χ0v) is 18.1. The first kappa shape index (κ1) is 22.8. The Morgan fingerprint density at radius 1 is 1.03 bits per heavy atom. The number of benzene rings is 2. The van der Waals surface area contributed by atoms with E-state index < -0.39 is 45.9 Å². The molecule has 0 unspecified atom stereocenters. The number of nitro groups is 2. The lowest BCUT2D eigenvalue weighted by molar-refractivity contribution is -0.385. The van der Waals surface area contributed by atoms with Gasteiger partial charge in [-0.05, 0) is 25.8 Å². The largest absolute Gasteiger partial charge is 0.274 e. The van der Waals surface area contributed by atoms with Gasteiger partial charge in [0.15, 0.2) is 0 Å². The first-order valence-electron chi connectivity index (χ1n) is 10.5. The molecule has 2 atom stereocenters. The SMILES string of the molecule is CC1=CC[C@@H]2C(=O)N(N(Cc3ccccc3[N+](=O)[O-])C(=O)c3cccc([N+](=O)[O-])c3)C(=O)[C@H]2C1. The van der Waals surface area contributed by atoms with Gasteiger partial charge in [0.1, 0.15) is 0 Å². The second-order valence-corrected chi connectivity index (χ2v) is 8.25. The zero-order valence-electron chi connectivity index (χ0n) is 18.1. The van der Waals surface area contributed by atoms with Crippen molar-refractivity contribution in [3.05, 3.63) is 91.5 Å². The average Bonchev–Trinajstić information content (AvgIpc) is 3.06. The van der Waals surface area contributed by atoms with E-state index in [-0.39, 0.29) is 22.5 Å². The summed E-state index contributed by atoms with van der Waals surface area (Å²) in [6, 6.07) is 10.6. The van der Waals surface area contributed by atoms with Crippen molar-refractivity contribution in [2.45, 2.75) is 26.3 Å². The number of para-hydroxylation sites is 1. The van der Waals surface area contributed by atoms with Crippen LogP contribution in [0, 0.1) is 32.1 Å². The summed E-state index contributed by atoms with van der Waals surface area (Å²) in [5.41, 5.74) is 0.311. The third kappa shape index (κ3) is 4.03. The van der Waals surface area contributed by atoms with E-state index in [0.29, 0.717) is 12.8 Å². The van der Waals surface area contributed by atoms with Gasteiger partial charge in [0.2, 0.25) is 0 Å². The molecule has 2 aromatic rings. The molecule has 1 saturated heterocycles. The summed E-state index contributed by atoms with van der Waals surface area (Å²) >= 11 is 0. The van der Waals surface area contributed by atoms with Gasteiger partial charge in [-0.1, -0.05) is 35.9 Å². The van der Waals surface area contributed by atoms with E-state index in [1.807, 2.05) is 13.0 Å². The Hall–Kier alpha value is -4.41. The summed E-state index contributed by atoms with van der Waals surface area (Å²) in [7, 11) is 0. The number of hydrogen-bond donors (Lipinski definition) is 0. The summed E-state index contributed by atoms with van der Waals surface area (Å²) < 4.78 is 0. The second kappa shape index (κ2) is 8.85. The highest BCUT2D eigenvalue weighted by Crippen LogP contribution is 2.39. The molecule has 174 valence electrons. The Kier molecular flexibility index (Phi) is 5.93. The summed E-state index contributed by atoms with van der Waals surface area (Å²) in [4.78, 5) is 61.5. The number of carbonyl (C=O) groups is 3. The highest BCUT2D eigenvalue weighted by Gasteiger charge is 2.51. The Morgan fingerprint density at radius 3 is 2.44 bits per heavy atom. The normalized spacial score (nSPS) is 19.4. The molecule has 34 heavy (non-hydrogen) atoms. The van der Waals surface area contributed by atoms with Crippen molar-refractivity contribution in [2.75, 3.05) is 0 Å². The number of hydrazine groups is 1. The van der Waals surface area contributed by atoms with Gasteiger partial charge in [0.05, 0.1) is 33.8 Å². The molecule has 11 heteroatoms. The molecule has 4 rings (SSSR count). The molecule has 0 N–H and O–H groups in total. The molecule has 2 aliphatic rings. The standard InChI is InChI=1S/C23H20N4O7/c1-14-9-10-18-19(11-14)23(30)25(22(18)29)24(13-16-5-2-3-8-20(16)27(33)34)21(28)15-6-4-7-17(12-15)26(31)32/h2-9,12,18-19H,10-11,13H2,1H3/t18-,19-/m0/s1. The number of amides is 3. The topological polar surface area (TPSA) is 144 Å². The van der Waals surface area contributed by atoms with Crippen molar-refractivity contribution in [1.29, 1.82) is 0 Å². The van der Waals surface area contributed by atoms with Crippen molar-refractivity contribution in [2.24, 2.45) is 11.8 Å². The lowest BCUT2D eigenvalue weighted by Crippen LogP contribution is -2.49. The molecule has 0 aromatic heterocycles. The Labute approximate surface area is 193 Å². The van der Waals surface area contributed by atoms with Crippen LogP contribution in [0.25, 0.3) is 0 Å². The van der Waals surface area contributed by atoms with Crippen LogP contribution in [0.1, 0.15) is 35.7 Å². The maximum absolute atomic E-state index is 13.5. The van der Waals surface area contributed by atoms with Gasteiger partial charge >= 0.3 is 0 Å². The van der Waals surface area contributed by atoms with Crippen LogP contribution in [0.2, 0.25) is 0 Å². The van der Waals surface area contributed by atoms with E-state index in [9.17, 15) is 34.6 Å². The van der Waals surface area contributed by atoms with E-state index in [1.54, 1.807) is 6.07 Å². The van der Waals surface area contributed by atoms with Gasteiger partial charge in [-0.3, -0.25) is 34.6 Å². The lowest BCUT2D eigenvalue weighted by atomic mass is 9.82. The molecule has 11 nitrogen and oxygen atoms in total. The predicted octanol–water partition coefficient (Wildman–Crippen LogP) is 3.40. The van der Waals surface area contributed by atoms with Crippen LogP contribution in [0.5, 0.6) is 0 Å². The van der Waals surface area contributed by atoms with Gasteiger partial charge in [-0.25, -0.2) is 5.01 Å². The minimum atomic E-state index is -0.855. The smallest absolute Gasteiger partial charge is 0.272 e. The third-order valence-electron chi connectivity index (χ3n) is 6.09. The fourth-order valence-corrected chi connectivity index (χ4v) is 4.38. The molecule has 1 heterocycles. The number of imide groups is 1. The molecule has 2 aromatic carbocycles. The van der Waals surface area contributed by atoms with E-state index in [1.165, 1.54) is 36.4 Å². The van der Waals surface area contributed by atoms with Crippen LogP contribution in [0.4, 0.5) is 11.4 Å². The van der Waals surface area contributed by atoms with Gasteiger partial charge < -0.3 is 0 Å². The van der Waals surface area contributed by atoms with Crippen LogP contribution in [0.15, 0.2) is 60.2 Å². The molecule has 0 radical (unpaired) electrons. The molecular weight excluding hydrogens is 444 g/mol. The summed E-state index contributed by atoms with van der Waals surface area (Å²) in [5.74, 6) is -3.27. The maximum Gasteiger partial charge on any atom is 0.274 e. The summed E-state index contributed by atoms with van der Waals surface area (Å²) in [6.07, 6.45) is 2.60. The highest BCUT2D eigenvalue weighted by molar-refractivity contribution is 6.08. The third-order valence-corrected chi connectivity index (χ3v) is 6.09. The van der Waals surface area contributed by atoms with E-state index in [2.05, 4.69) is 0 Å². The molecule has 0 spiro atoms. The number of nitrogens with zero attached hydrogens (tertiary/aromatic N) is 4. The van der Waals surface area contributed by atoms with Gasteiger partial charge in [-0.15, -0.1) is 0 Å². The minimum absolute atomic E-state index is 0.107. The molecule has 1 aliphatic heterocycles. The molecular formula is C23H20N4O7. The van der Waals surface area contributed by atoms with Gasteiger partial charge in [0, 0.05) is 23.8 Å². The van der Waals surface area contributed by atoms with Crippen LogP contribution in [0.3, 0.4) is 0 Å².